The van der Waals surface area contributed by atoms with Gasteiger partial charge in [-0.15, -0.1) is 0 Å². The highest BCUT2D eigenvalue weighted by Crippen LogP contribution is 2.21. The molecule has 8 heteroatoms. The molecule has 1 aromatic heterocycles. The van der Waals surface area contributed by atoms with Gasteiger partial charge in [0.1, 0.15) is 5.69 Å². The molecule has 0 saturated carbocycles. The molecule has 1 fully saturated rings. The highest BCUT2D eigenvalue weighted by molar-refractivity contribution is 5.92. The number of hydrogen-bond donors (Lipinski definition) is 3. The molecule has 0 bridgehead atoms. The monoisotopic (exact) mass is 412 g/mol. The van der Waals surface area contributed by atoms with Crippen LogP contribution in [-0.2, 0) is 0 Å². The molecule has 0 atom stereocenters. The topological polar surface area (TPSA) is 93.6 Å². The number of amides is 1. The molecule has 3 N–H and O–H groups in total. The van der Waals surface area contributed by atoms with E-state index in [1.807, 2.05) is 12.1 Å². The Balaban J connectivity index is 1.59. The van der Waals surface area contributed by atoms with Crippen LogP contribution in [0, 0.1) is 0 Å². The van der Waals surface area contributed by atoms with E-state index in [0.717, 1.165) is 51.3 Å². The Labute approximate surface area is 178 Å². The molecule has 1 amide bonds. The van der Waals surface area contributed by atoms with E-state index in [1.165, 1.54) is 5.69 Å². The third-order valence-corrected chi connectivity index (χ3v) is 5.49. The number of aromatic nitrogens is 2. The molecule has 3 rings (SSSR count). The van der Waals surface area contributed by atoms with Crippen LogP contribution in [0.1, 0.15) is 37.2 Å². The number of hydrogen-bond acceptors (Lipinski definition) is 7. The van der Waals surface area contributed by atoms with Gasteiger partial charge in [0.2, 0.25) is 5.95 Å². The van der Waals surface area contributed by atoms with Gasteiger partial charge in [-0.1, -0.05) is 13.8 Å². The summed E-state index contributed by atoms with van der Waals surface area (Å²) in [7, 11) is 0. The fraction of sp³-hybridized carbons (Fsp3) is 0.500. The van der Waals surface area contributed by atoms with E-state index in [1.54, 1.807) is 12.3 Å². The first-order valence-corrected chi connectivity index (χ1v) is 10.7. The Morgan fingerprint density at radius 3 is 2.43 bits per heavy atom. The molecule has 0 unspecified atom stereocenters. The van der Waals surface area contributed by atoms with Gasteiger partial charge >= 0.3 is 0 Å². The summed E-state index contributed by atoms with van der Waals surface area (Å²) in [6.07, 6.45) is 3.37. The van der Waals surface area contributed by atoms with Gasteiger partial charge in [-0.05, 0) is 43.2 Å². The maximum atomic E-state index is 12.4. The minimum atomic E-state index is -0.176. The lowest BCUT2D eigenvalue weighted by Crippen LogP contribution is -2.47. The lowest BCUT2D eigenvalue weighted by Gasteiger charge is -2.35. The minimum Gasteiger partial charge on any atom is -0.395 e. The molecule has 0 spiro atoms. The summed E-state index contributed by atoms with van der Waals surface area (Å²) in [5.74, 6) is 0.224. The van der Waals surface area contributed by atoms with E-state index in [0.29, 0.717) is 11.6 Å². The molecule has 0 aliphatic carbocycles. The molecule has 1 aliphatic rings. The summed E-state index contributed by atoms with van der Waals surface area (Å²) in [4.78, 5) is 25.6. The number of anilines is 3. The van der Waals surface area contributed by atoms with E-state index < -0.39 is 0 Å². The average molecular weight is 413 g/mol. The predicted octanol–water partition coefficient (Wildman–Crippen LogP) is 2.25. The van der Waals surface area contributed by atoms with Crippen molar-refractivity contribution in [3.05, 3.63) is 42.2 Å². The van der Waals surface area contributed by atoms with Gasteiger partial charge in [0.15, 0.2) is 0 Å². The van der Waals surface area contributed by atoms with E-state index in [2.05, 4.69) is 56.4 Å². The molecule has 1 aromatic carbocycles. The zero-order valence-electron chi connectivity index (χ0n) is 17.8. The van der Waals surface area contributed by atoms with E-state index in [4.69, 9.17) is 5.11 Å². The molecule has 1 aliphatic heterocycles. The Morgan fingerprint density at radius 1 is 1.10 bits per heavy atom. The Kier molecular flexibility index (Phi) is 7.98. The quantitative estimate of drug-likeness (QED) is 0.582. The number of β-amino-alcohol motifs (C(OH)–C–C–N with tert-alkyl or cyclic N) is 1. The Morgan fingerprint density at radius 2 is 1.80 bits per heavy atom. The van der Waals surface area contributed by atoms with Crippen LogP contribution in [-0.4, -0.2) is 71.3 Å². The van der Waals surface area contributed by atoms with E-state index in [-0.39, 0.29) is 18.6 Å². The number of aliphatic hydroxyl groups excluding tert-OH is 1. The number of benzene rings is 1. The van der Waals surface area contributed by atoms with Crippen molar-refractivity contribution in [1.82, 2.24) is 20.2 Å². The highest BCUT2D eigenvalue weighted by atomic mass is 16.3. The Bertz CT molecular complexity index is 802. The lowest BCUT2D eigenvalue weighted by atomic mass is 10.1. The summed E-state index contributed by atoms with van der Waals surface area (Å²) >= 11 is 0. The maximum Gasteiger partial charge on any atom is 0.270 e. The molecule has 162 valence electrons. The largest absolute Gasteiger partial charge is 0.395 e. The first kappa shape index (κ1) is 22.0. The SMILES string of the molecule is CCC(CC)NC(=O)c1ccnc(Nc2ccc(N3CCN(CCO)CC3)cc2)n1. The number of piperazine rings is 1. The zero-order valence-corrected chi connectivity index (χ0v) is 17.8. The van der Waals surface area contributed by atoms with Gasteiger partial charge in [0, 0.05) is 56.3 Å². The average Bonchev–Trinajstić information content (AvgIpc) is 2.79. The fourth-order valence-electron chi connectivity index (χ4n) is 3.55. The first-order chi connectivity index (χ1) is 14.6. The number of aliphatic hydroxyl groups is 1. The zero-order chi connectivity index (χ0) is 21.3. The lowest BCUT2D eigenvalue weighted by molar-refractivity contribution is 0.0929. The molecule has 8 nitrogen and oxygen atoms in total. The van der Waals surface area contributed by atoms with Crippen LogP contribution in [0.15, 0.2) is 36.5 Å². The molecule has 30 heavy (non-hydrogen) atoms. The summed E-state index contributed by atoms with van der Waals surface area (Å²) in [5, 5.41) is 15.2. The minimum absolute atomic E-state index is 0.155. The third kappa shape index (κ3) is 5.90. The van der Waals surface area contributed by atoms with Crippen molar-refractivity contribution in [2.75, 3.05) is 49.5 Å². The fourth-order valence-corrected chi connectivity index (χ4v) is 3.55. The van der Waals surface area contributed by atoms with Crippen LogP contribution >= 0.6 is 0 Å². The third-order valence-electron chi connectivity index (χ3n) is 5.49. The summed E-state index contributed by atoms with van der Waals surface area (Å²) in [5.41, 5.74) is 2.40. The van der Waals surface area contributed by atoms with Crippen molar-refractivity contribution >= 4 is 23.2 Å². The van der Waals surface area contributed by atoms with Crippen LogP contribution in [0.2, 0.25) is 0 Å². The summed E-state index contributed by atoms with van der Waals surface area (Å²) < 4.78 is 0. The smallest absolute Gasteiger partial charge is 0.270 e. The van der Waals surface area contributed by atoms with Gasteiger partial charge in [0.05, 0.1) is 6.61 Å². The number of rotatable bonds is 9. The standard InChI is InChI=1S/C22H32N6O2/c1-3-17(4-2)24-21(30)20-9-10-23-22(26-20)25-18-5-7-19(8-6-18)28-13-11-27(12-14-28)15-16-29/h5-10,17,29H,3-4,11-16H2,1-2H3,(H,24,30)(H,23,25,26). The van der Waals surface area contributed by atoms with Crippen LogP contribution in [0.3, 0.4) is 0 Å². The number of nitrogens with one attached hydrogen (secondary N) is 2. The van der Waals surface area contributed by atoms with Crippen LogP contribution in [0.4, 0.5) is 17.3 Å². The molecule has 2 aromatic rings. The van der Waals surface area contributed by atoms with E-state index >= 15 is 0 Å². The summed E-state index contributed by atoms with van der Waals surface area (Å²) in [6, 6.07) is 9.93. The van der Waals surface area contributed by atoms with E-state index in [9.17, 15) is 4.79 Å². The van der Waals surface area contributed by atoms with Gasteiger partial charge in [-0.3, -0.25) is 9.69 Å². The second-order valence-corrected chi connectivity index (χ2v) is 7.48. The first-order valence-electron chi connectivity index (χ1n) is 10.7. The van der Waals surface area contributed by atoms with Gasteiger partial charge in [0.25, 0.3) is 5.91 Å². The molecular weight excluding hydrogens is 380 g/mol. The highest BCUT2D eigenvalue weighted by Gasteiger charge is 2.17. The predicted molar refractivity (Wildman–Crippen MR) is 119 cm³/mol. The summed E-state index contributed by atoms with van der Waals surface area (Å²) in [6.45, 7) is 8.88. The van der Waals surface area contributed by atoms with Gasteiger partial charge in [-0.2, -0.15) is 0 Å². The van der Waals surface area contributed by atoms with Crippen molar-refractivity contribution in [2.45, 2.75) is 32.7 Å². The molecule has 2 heterocycles. The molecular formula is C22H32N6O2. The van der Waals surface area contributed by atoms with Crippen molar-refractivity contribution < 1.29 is 9.90 Å². The number of carbonyl (C=O) groups excluding carboxylic acids is 1. The maximum absolute atomic E-state index is 12.4. The molecule has 1 saturated heterocycles. The van der Waals surface area contributed by atoms with Crippen LogP contribution in [0.5, 0.6) is 0 Å². The Hall–Kier alpha value is -2.71. The second-order valence-electron chi connectivity index (χ2n) is 7.48. The van der Waals surface area contributed by atoms with Crippen molar-refractivity contribution in [2.24, 2.45) is 0 Å². The second kappa shape index (κ2) is 10.9. The van der Waals surface area contributed by atoms with Gasteiger partial charge in [-0.25, -0.2) is 9.97 Å². The number of nitrogens with zero attached hydrogens (tertiary/aromatic N) is 4. The van der Waals surface area contributed by atoms with Crippen molar-refractivity contribution in [3.63, 3.8) is 0 Å². The van der Waals surface area contributed by atoms with Crippen molar-refractivity contribution in [1.29, 1.82) is 0 Å². The number of carbonyl (C=O) groups is 1. The molecule has 0 radical (unpaired) electrons. The van der Waals surface area contributed by atoms with Gasteiger partial charge < -0.3 is 20.6 Å². The normalized spacial score (nSPS) is 14.7. The van der Waals surface area contributed by atoms with Crippen LogP contribution in [0.25, 0.3) is 0 Å². The van der Waals surface area contributed by atoms with Crippen LogP contribution < -0.4 is 15.5 Å². The van der Waals surface area contributed by atoms with Crippen molar-refractivity contribution in [3.8, 4) is 0 Å².